The van der Waals surface area contributed by atoms with Gasteiger partial charge in [0.05, 0.1) is 13.2 Å². The molecule has 1 amide bonds. The van der Waals surface area contributed by atoms with Gasteiger partial charge in [0.1, 0.15) is 17.6 Å². The lowest BCUT2D eigenvalue weighted by atomic mass is 9.86. The Bertz CT molecular complexity index is 664. The van der Waals surface area contributed by atoms with Crippen LogP contribution in [-0.4, -0.2) is 40.8 Å². The molecule has 1 aromatic heterocycles. The van der Waals surface area contributed by atoms with Crippen molar-refractivity contribution in [2.75, 3.05) is 13.7 Å². The van der Waals surface area contributed by atoms with Crippen LogP contribution < -0.4 is 4.74 Å². The minimum absolute atomic E-state index is 0.213. The van der Waals surface area contributed by atoms with Gasteiger partial charge in [-0.05, 0) is 37.5 Å². The molecule has 1 N–H and O–H groups in total. The first kappa shape index (κ1) is 15.6. The lowest BCUT2D eigenvalue weighted by Crippen LogP contribution is -2.48. The van der Waals surface area contributed by atoms with Gasteiger partial charge in [-0.3, -0.25) is 4.79 Å². The molecule has 1 aromatic carbocycles. The fourth-order valence-electron chi connectivity index (χ4n) is 3.19. The molecular formula is C17H20N2O4. The zero-order valence-corrected chi connectivity index (χ0v) is 13.2. The zero-order chi connectivity index (χ0) is 16.4. The third kappa shape index (κ3) is 2.82. The molecule has 0 radical (unpaired) electrons. The smallest absolute Gasteiger partial charge is 0.276 e. The van der Waals surface area contributed by atoms with Crippen LogP contribution in [0.5, 0.6) is 5.75 Å². The molecule has 6 heteroatoms. The van der Waals surface area contributed by atoms with Crippen LogP contribution in [0.4, 0.5) is 0 Å². The fourth-order valence-corrected chi connectivity index (χ4v) is 3.19. The number of amides is 1. The summed E-state index contributed by atoms with van der Waals surface area (Å²) in [6, 6.07) is 8.51. The van der Waals surface area contributed by atoms with E-state index in [4.69, 9.17) is 9.26 Å². The highest BCUT2D eigenvalue weighted by atomic mass is 16.5. The first-order chi connectivity index (χ1) is 11.0. The molecule has 0 saturated carbocycles. The van der Waals surface area contributed by atoms with Crippen molar-refractivity contribution in [3.8, 4) is 5.75 Å². The van der Waals surface area contributed by atoms with Gasteiger partial charge in [-0.1, -0.05) is 17.3 Å². The van der Waals surface area contributed by atoms with E-state index < -0.39 is 5.60 Å². The highest BCUT2D eigenvalue weighted by Crippen LogP contribution is 2.35. The predicted octanol–water partition coefficient (Wildman–Crippen LogP) is 2.20. The van der Waals surface area contributed by atoms with Gasteiger partial charge in [0.25, 0.3) is 5.91 Å². The maximum absolute atomic E-state index is 12.6. The van der Waals surface area contributed by atoms with E-state index in [2.05, 4.69) is 5.16 Å². The Balaban J connectivity index is 1.86. The predicted molar refractivity (Wildman–Crippen MR) is 83.1 cm³/mol. The molecule has 6 nitrogen and oxygen atoms in total. The Morgan fingerprint density at radius 1 is 1.39 bits per heavy atom. The summed E-state index contributed by atoms with van der Waals surface area (Å²) in [7, 11) is 1.60. The standard InChI is InChI=1S/C17H20N2O4/c1-17(21,12-5-7-13(22-2)8-6-12)15-4-3-10-19(15)16(20)14-9-11-23-18-14/h5-9,11,15,21H,3-4,10H2,1-2H3/t15-,17+/m1/s1. The molecule has 1 aliphatic heterocycles. The molecule has 0 unspecified atom stereocenters. The highest BCUT2D eigenvalue weighted by molar-refractivity contribution is 5.92. The van der Waals surface area contributed by atoms with Crippen LogP contribution >= 0.6 is 0 Å². The Morgan fingerprint density at radius 2 is 2.13 bits per heavy atom. The van der Waals surface area contributed by atoms with E-state index in [0.717, 1.165) is 24.2 Å². The SMILES string of the molecule is COc1ccc([C@](C)(O)[C@H]2CCCN2C(=O)c2ccon2)cc1. The third-order valence-corrected chi connectivity index (χ3v) is 4.49. The molecular weight excluding hydrogens is 296 g/mol. The number of ether oxygens (including phenoxy) is 1. The minimum atomic E-state index is -1.15. The van der Waals surface area contributed by atoms with E-state index in [-0.39, 0.29) is 17.6 Å². The van der Waals surface area contributed by atoms with Crippen LogP contribution in [0, 0.1) is 0 Å². The molecule has 1 fully saturated rings. The second-order valence-electron chi connectivity index (χ2n) is 5.92. The van der Waals surface area contributed by atoms with E-state index in [0.29, 0.717) is 6.54 Å². The molecule has 2 atom stereocenters. The molecule has 122 valence electrons. The van der Waals surface area contributed by atoms with Gasteiger partial charge in [-0.2, -0.15) is 0 Å². The fraction of sp³-hybridized carbons (Fsp3) is 0.412. The summed E-state index contributed by atoms with van der Waals surface area (Å²) in [6.45, 7) is 2.34. The van der Waals surface area contributed by atoms with Gasteiger partial charge >= 0.3 is 0 Å². The molecule has 3 rings (SSSR count). The van der Waals surface area contributed by atoms with Gasteiger partial charge in [0.2, 0.25) is 0 Å². The number of aromatic nitrogens is 1. The van der Waals surface area contributed by atoms with Crippen molar-refractivity contribution in [2.45, 2.75) is 31.4 Å². The van der Waals surface area contributed by atoms with Crippen molar-refractivity contribution in [2.24, 2.45) is 0 Å². The largest absolute Gasteiger partial charge is 0.497 e. The number of rotatable bonds is 4. The summed E-state index contributed by atoms with van der Waals surface area (Å²) < 4.78 is 9.90. The van der Waals surface area contributed by atoms with E-state index >= 15 is 0 Å². The van der Waals surface area contributed by atoms with E-state index in [1.54, 1.807) is 25.0 Å². The van der Waals surface area contributed by atoms with Crippen LogP contribution in [0.25, 0.3) is 0 Å². The van der Waals surface area contributed by atoms with Gasteiger partial charge < -0.3 is 19.3 Å². The second-order valence-corrected chi connectivity index (χ2v) is 5.92. The van der Waals surface area contributed by atoms with Gasteiger partial charge in [-0.15, -0.1) is 0 Å². The average molecular weight is 316 g/mol. The van der Waals surface area contributed by atoms with E-state index in [9.17, 15) is 9.90 Å². The van der Waals surface area contributed by atoms with Crippen molar-refractivity contribution < 1.29 is 19.2 Å². The van der Waals surface area contributed by atoms with Crippen LogP contribution in [0.15, 0.2) is 41.1 Å². The first-order valence-electron chi connectivity index (χ1n) is 7.62. The van der Waals surface area contributed by atoms with Crippen LogP contribution in [0.3, 0.4) is 0 Å². The zero-order valence-electron chi connectivity index (χ0n) is 13.2. The van der Waals surface area contributed by atoms with Crippen molar-refractivity contribution in [3.63, 3.8) is 0 Å². The van der Waals surface area contributed by atoms with Crippen LogP contribution in [0.1, 0.15) is 35.8 Å². The number of hydrogen-bond acceptors (Lipinski definition) is 5. The van der Waals surface area contributed by atoms with Gasteiger partial charge in [0, 0.05) is 12.6 Å². The molecule has 0 spiro atoms. The monoisotopic (exact) mass is 316 g/mol. The molecule has 23 heavy (non-hydrogen) atoms. The van der Waals surface area contributed by atoms with Crippen molar-refractivity contribution in [1.82, 2.24) is 10.1 Å². The average Bonchev–Trinajstić information content (AvgIpc) is 3.25. The molecule has 0 aliphatic carbocycles. The maximum Gasteiger partial charge on any atom is 0.276 e. The van der Waals surface area contributed by atoms with Crippen LogP contribution in [0.2, 0.25) is 0 Å². The lowest BCUT2D eigenvalue weighted by Gasteiger charge is -2.36. The molecule has 1 aliphatic rings. The highest BCUT2D eigenvalue weighted by Gasteiger charge is 2.43. The quantitative estimate of drug-likeness (QED) is 0.936. The number of likely N-dealkylation sites (tertiary alicyclic amines) is 1. The number of hydrogen-bond donors (Lipinski definition) is 1. The van der Waals surface area contributed by atoms with E-state index in [1.807, 2.05) is 24.3 Å². The Labute approximate surface area is 134 Å². The normalized spacial score (nSPS) is 20.3. The summed E-state index contributed by atoms with van der Waals surface area (Å²) in [5.41, 5.74) is -0.132. The Kier molecular flexibility index (Phi) is 4.09. The maximum atomic E-state index is 12.6. The third-order valence-electron chi connectivity index (χ3n) is 4.49. The first-order valence-corrected chi connectivity index (χ1v) is 7.62. The number of benzene rings is 1. The van der Waals surface area contributed by atoms with Gasteiger partial charge in [0.15, 0.2) is 5.69 Å². The molecule has 2 heterocycles. The van der Waals surface area contributed by atoms with E-state index in [1.165, 1.54) is 6.26 Å². The number of methoxy groups -OCH3 is 1. The van der Waals surface area contributed by atoms with Crippen molar-refractivity contribution in [3.05, 3.63) is 47.9 Å². The molecule has 0 bridgehead atoms. The number of carbonyl (C=O) groups excluding carboxylic acids is 1. The van der Waals surface area contributed by atoms with Crippen LogP contribution in [-0.2, 0) is 5.60 Å². The lowest BCUT2D eigenvalue weighted by molar-refractivity contribution is -0.0180. The number of aliphatic hydroxyl groups is 1. The second kappa shape index (κ2) is 6.04. The minimum Gasteiger partial charge on any atom is -0.497 e. The van der Waals surface area contributed by atoms with Crippen molar-refractivity contribution in [1.29, 1.82) is 0 Å². The Hall–Kier alpha value is -2.34. The van der Waals surface area contributed by atoms with Crippen molar-refractivity contribution >= 4 is 5.91 Å². The topological polar surface area (TPSA) is 75.8 Å². The summed E-state index contributed by atoms with van der Waals surface area (Å²) in [6.07, 6.45) is 2.96. The molecule has 2 aromatic rings. The molecule has 1 saturated heterocycles. The summed E-state index contributed by atoms with van der Waals surface area (Å²) in [5.74, 6) is 0.515. The van der Waals surface area contributed by atoms with Gasteiger partial charge in [-0.25, -0.2) is 0 Å². The number of nitrogens with zero attached hydrogens (tertiary/aromatic N) is 2. The Morgan fingerprint density at radius 3 is 2.74 bits per heavy atom. The number of carbonyl (C=O) groups is 1. The summed E-state index contributed by atoms with van der Waals surface area (Å²) >= 11 is 0. The summed E-state index contributed by atoms with van der Waals surface area (Å²) in [5, 5.41) is 14.8. The summed E-state index contributed by atoms with van der Waals surface area (Å²) in [4.78, 5) is 14.3.